The molecule has 0 radical (unpaired) electrons. The average Bonchev–Trinajstić information content (AvgIpc) is 3.44. The number of carbonyl (C=O) groups excluding carboxylic acids is 1. The van der Waals surface area contributed by atoms with Crippen molar-refractivity contribution in [2.45, 2.75) is 33.2 Å². The SMILES string of the molecule is Cc1cc([C@@H](C)Nc2cccnc2C(=O)NC[C@@H]2CCOC2)c2oc(-c3ccccc3)c(C)c(=O)c2c1. The Balaban J connectivity index is 1.49. The van der Waals surface area contributed by atoms with Gasteiger partial charge in [-0.3, -0.25) is 9.59 Å². The summed E-state index contributed by atoms with van der Waals surface area (Å²) in [7, 11) is 0. The molecule has 2 N–H and O–H groups in total. The zero-order valence-electron chi connectivity index (χ0n) is 21.3. The number of aryl methyl sites for hydroxylation is 1. The second kappa shape index (κ2) is 10.6. The van der Waals surface area contributed by atoms with Gasteiger partial charge in [0.05, 0.1) is 23.7 Å². The molecule has 0 spiro atoms. The minimum Gasteiger partial charge on any atom is -0.455 e. The van der Waals surface area contributed by atoms with Crippen molar-refractivity contribution in [3.8, 4) is 11.3 Å². The van der Waals surface area contributed by atoms with Crippen LogP contribution in [0.1, 0.15) is 46.6 Å². The van der Waals surface area contributed by atoms with Crippen LogP contribution in [0.25, 0.3) is 22.3 Å². The lowest BCUT2D eigenvalue weighted by Crippen LogP contribution is -2.30. The lowest BCUT2D eigenvalue weighted by atomic mass is 9.98. The summed E-state index contributed by atoms with van der Waals surface area (Å²) >= 11 is 0. The van der Waals surface area contributed by atoms with Gasteiger partial charge >= 0.3 is 0 Å². The first-order valence-electron chi connectivity index (χ1n) is 12.6. The number of rotatable bonds is 7. The third kappa shape index (κ3) is 5.13. The molecule has 2 aromatic heterocycles. The maximum atomic E-state index is 13.4. The molecular formula is C30H31N3O4. The van der Waals surface area contributed by atoms with E-state index in [1.54, 1.807) is 19.2 Å². The number of nitrogens with zero attached hydrogens (tertiary/aromatic N) is 1. The molecule has 2 aromatic carbocycles. The summed E-state index contributed by atoms with van der Waals surface area (Å²) in [6.45, 7) is 7.71. The van der Waals surface area contributed by atoms with Gasteiger partial charge in [-0.15, -0.1) is 0 Å². The number of pyridine rings is 1. The molecule has 0 aliphatic carbocycles. The van der Waals surface area contributed by atoms with Gasteiger partial charge in [0.2, 0.25) is 0 Å². The van der Waals surface area contributed by atoms with E-state index in [4.69, 9.17) is 9.15 Å². The summed E-state index contributed by atoms with van der Waals surface area (Å²) in [6, 6.07) is 16.9. The van der Waals surface area contributed by atoms with Gasteiger partial charge in [0, 0.05) is 42.0 Å². The number of aromatic nitrogens is 1. The van der Waals surface area contributed by atoms with Crippen LogP contribution in [0.5, 0.6) is 0 Å². The van der Waals surface area contributed by atoms with Crippen molar-refractivity contribution >= 4 is 22.6 Å². The quantitative estimate of drug-likeness (QED) is 0.355. The Bertz CT molecular complexity index is 1490. The number of nitrogens with one attached hydrogen (secondary N) is 2. The molecule has 1 aliphatic rings. The molecule has 0 bridgehead atoms. The lowest BCUT2D eigenvalue weighted by Gasteiger charge is -2.20. The number of benzene rings is 2. The summed E-state index contributed by atoms with van der Waals surface area (Å²) in [6.07, 6.45) is 2.56. The fraction of sp³-hybridized carbons (Fsp3) is 0.300. The van der Waals surface area contributed by atoms with Crippen LogP contribution in [-0.2, 0) is 4.74 Å². The lowest BCUT2D eigenvalue weighted by molar-refractivity contribution is 0.0941. The van der Waals surface area contributed by atoms with Gasteiger partial charge < -0.3 is 19.8 Å². The largest absolute Gasteiger partial charge is 0.455 e. The van der Waals surface area contributed by atoms with Crippen molar-refractivity contribution in [3.63, 3.8) is 0 Å². The van der Waals surface area contributed by atoms with Crippen molar-refractivity contribution in [2.75, 3.05) is 25.1 Å². The van der Waals surface area contributed by atoms with Crippen LogP contribution in [0.15, 0.2) is 70.0 Å². The van der Waals surface area contributed by atoms with Gasteiger partial charge in [-0.1, -0.05) is 36.4 Å². The average molecular weight is 498 g/mol. The van der Waals surface area contributed by atoms with Crippen LogP contribution in [-0.4, -0.2) is 30.6 Å². The van der Waals surface area contributed by atoms with Crippen LogP contribution in [0.3, 0.4) is 0 Å². The van der Waals surface area contributed by atoms with E-state index in [0.29, 0.717) is 52.7 Å². The zero-order valence-corrected chi connectivity index (χ0v) is 21.3. The molecule has 1 aliphatic heterocycles. The van der Waals surface area contributed by atoms with Crippen LogP contribution in [0.4, 0.5) is 5.69 Å². The van der Waals surface area contributed by atoms with Gasteiger partial charge in [-0.05, 0) is 51.0 Å². The number of anilines is 1. The van der Waals surface area contributed by atoms with Crippen LogP contribution in [0.2, 0.25) is 0 Å². The monoisotopic (exact) mass is 497 g/mol. The third-order valence-corrected chi connectivity index (χ3v) is 6.86. The molecule has 5 rings (SSSR count). The van der Waals surface area contributed by atoms with E-state index in [1.165, 1.54) is 0 Å². The van der Waals surface area contributed by atoms with Gasteiger partial charge in [-0.2, -0.15) is 0 Å². The minimum absolute atomic E-state index is 0.0467. The predicted octanol–water partition coefficient (Wildman–Crippen LogP) is 5.41. The fourth-order valence-corrected chi connectivity index (χ4v) is 4.83. The summed E-state index contributed by atoms with van der Waals surface area (Å²) < 4.78 is 11.8. The molecule has 2 atom stereocenters. The smallest absolute Gasteiger partial charge is 0.272 e. The predicted molar refractivity (Wildman–Crippen MR) is 145 cm³/mol. The molecule has 1 saturated heterocycles. The topological polar surface area (TPSA) is 93.5 Å². The Morgan fingerprint density at radius 1 is 1.14 bits per heavy atom. The van der Waals surface area contributed by atoms with E-state index in [9.17, 15) is 9.59 Å². The van der Waals surface area contributed by atoms with Crippen LogP contribution >= 0.6 is 0 Å². The van der Waals surface area contributed by atoms with Gasteiger partial charge in [0.25, 0.3) is 5.91 Å². The molecule has 3 heterocycles. The number of carbonyl (C=O) groups is 1. The standard InChI is InChI=1S/C30H31N3O4/c1-18-14-23(29-24(15-18)27(34)19(2)28(37-29)22-8-5-4-6-9-22)20(3)33-25-10-7-12-31-26(25)30(35)32-16-21-11-13-36-17-21/h4-10,12,14-15,20-21,33H,11,13,16-17H2,1-3H3,(H,32,35)/t20-,21+/m1/s1. The maximum Gasteiger partial charge on any atom is 0.272 e. The van der Waals surface area contributed by atoms with Crippen molar-refractivity contribution in [3.05, 3.63) is 93.4 Å². The number of amides is 1. The fourth-order valence-electron chi connectivity index (χ4n) is 4.83. The van der Waals surface area contributed by atoms with E-state index in [-0.39, 0.29) is 17.4 Å². The molecule has 7 nitrogen and oxygen atoms in total. The number of hydrogen-bond donors (Lipinski definition) is 2. The summed E-state index contributed by atoms with van der Waals surface area (Å²) in [5, 5.41) is 6.97. The van der Waals surface area contributed by atoms with E-state index in [1.807, 2.05) is 62.4 Å². The molecule has 1 amide bonds. The van der Waals surface area contributed by atoms with Crippen LogP contribution in [0, 0.1) is 19.8 Å². The summed E-state index contributed by atoms with van der Waals surface area (Å²) in [5.74, 6) is 0.657. The molecule has 0 saturated carbocycles. The van der Waals surface area contributed by atoms with E-state index >= 15 is 0 Å². The highest BCUT2D eigenvalue weighted by Gasteiger charge is 2.22. The Labute approximate surface area is 215 Å². The second-order valence-electron chi connectivity index (χ2n) is 9.69. The first kappa shape index (κ1) is 24.7. The Hall–Kier alpha value is -3.97. The summed E-state index contributed by atoms with van der Waals surface area (Å²) in [5.41, 5.74) is 4.65. The van der Waals surface area contributed by atoms with Crippen LogP contribution < -0.4 is 16.1 Å². The maximum absolute atomic E-state index is 13.4. The first-order valence-corrected chi connectivity index (χ1v) is 12.6. The number of ether oxygens (including phenoxy) is 1. The molecule has 1 fully saturated rings. The highest BCUT2D eigenvalue weighted by atomic mass is 16.5. The molecule has 7 heteroatoms. The highest BCUT2D eigenvalue weighted by Crippen LogP contribution is 2.32. The first-order chi connectivity index (χ1) is 17.9. The Morgan fingerprint density at radius 3 is 2.70 bits per heavy atom. The normalized spacial score (nSPS) is 16.0. The van der Waals surface area contributed by atoms with Gasteiger partial charge in [0.1, 0.15) is 11.3 Å². The van der Waals surface area contributed by atoms with E-state index < -0.39 is 0 Å². The van der Waals surface area contributed by atoms with Crippen molar-refractivity contribution < 1.29 is 13.9 Å². The van der Waals surface area contributed by atoms with Crippen molar-refractivity contribution in [1.82, 2.24) is 10.3 Å². The van der Waals surface area contributed by atoms with Crippen molar-refractivity contribution in [2.24, 2.45) is 5.92 Å². The highest BCUT2D eigenvalue weighted by molar-refractivity contribution is 5.97. The number of hydrogen-bond acceptors (Lipinski definition) is 6. The Morgan fingerprint density at radius 2 is 1.95 bits per heavy atom. The van der Waals surface area contributed by atoms with Crippen molar-refractivity contribution in [1.29, 1.82) is 0 Å². The minimum atomic E-state index is -0.268. The van der Waals surface area contributed by atoms with Gasteiger partial charge in [0.15, 0.2) is 11.1 Å². The van der Waals surface area contributed by atoms with E-state index in [2.05, 4.69) is 15.6 Å². The molecule has 37 heavy (non-hydrogen) atoms. The second-order valence-corrected chi connectivity index (χ2v) is 9.69. The molecule has 4 aromatic rings. The summed E-state index contributed by atoms with van der Waals surface area (Å²) in [4.78, 5) is 30.7. The van der Waals surface area contributed by atoms with Gasteiger partial charge in [-0.25, -0.2) is 4.98 Å². The van der Waals surface area contributed by atoms with E-state index in [0.717, 1.165) is 29.7 Å². The molecular weight excluding hydrogens is 466 g/mol. The molecule has 0 unspecified atom stereocenters. The molecule has 190 valence electrons. The Kier molecular flexibility index (Phi) is 7.06. The third-order valence-electron chi connectivity index (χ3n) is 6.86. The number of fused-ring (bicyclic) bond motifs is 1. The zero-order chi connectivity index (χ0) is 25.9.